The number of rotatable bonds is 4. The highest BCUT2D eigenvalue weighted by molar-refractivity contribution is 5.92. The average Bonchev–Trinajstić information content (AvgIpc) is 3.10. The lowest BCUT2D eigenvalue weighted by Gasteiger charge is -2.39. The molecule has 0 aliphatic carbocycles. The van der Waals surface area contributed by atoms with Gasteiger partial charge in [0.05, 0.1) is 25.7 Å². The highest BCUT2D eigenvalue weighted by Crippen LogP contribution is 2.37. The molecule has 4 heterocycles. The van der Waals surface area contributed by atoms with Crippen molar-refractivity contribution in [2.75, 3.05) is 32.2 Å². The van der Waals surface area contributed by atoms with Crippen LogP contribution in [0.1, 0.15) is 11.7 Å². The second-order valence-corrected chi connectivity index (χ2v) is 6.51. The first-order valence-electron chi connectivity index (χ1n) is 8.70. The third kappa shape index (κ3) is 2.44. The van der Waals surface area contributed by atoms with E-state index in [0.29, 0.717) is 17.4 Å². The Morgan fingerprint density at radius 3 is 2.63 bits per heavy atom. The van der Waals surface area contributed by atoms with Crippen LogP contribution < -0.4 is 14.4 Å². The van der Waals surface area contributed by atoms with E-state index in [4.69, 9.17) is 9.47 Å². The van der Waals surface area contributed by atoms with Gasteiger partial charge in [-0.25, -0.2) is 9.97 Å². The van der Waals surface area contributed by atoms with E-state index < -0.39 is 0 Å². The predicted molar refractivity (Wildman–Crippen MR) is 101 cm³/mol. The van der Waals surface area contributed by atoms with Crippen LogP contribution in [0.15, 0.2) is 42.9 Å². The van der Waals surface area contributed by atoms with Crippen LogP contribution in [-0.2, 0) is 0 Å². The van der Waals surface area contributed by atoms with E-state index in [1.54, 1.807) is 20.5 Å². The molecule has 0 unspecified atom stereocenters. The highest BCUT2D eigenvalue weighted by atomic mass is 16.5. The van der Waals surface area contributed by atoms with Gasteiger partial charge < -0.3 is 14.4 Å². The van der Waals surface area contributed by atoms with Gasteiger partial charge in [-0.05, 0) is 18.2 Å². The van der Waals surface area contributed by atoms with Crippen LogP contribution in [0.2, 0.25) is 0 Å². The third-order valence-electron chi connectivity index (χ3n) is 5.01. The molecule has 8 nitrogen and oxygen atoms in total. The van der Waals surface area contributed by atoms with Gasteiger partial charge in [0.25, 0.3) is 0 Å². The number of hydrogen-bond donors (Lipinski definition) is 0. The van der Waals surface area contributed by atoms with E-state index >= 15 is 0 Å². The number of fused-ring (bicyclic) bond motifs is 2. The first kappa shape index (κ1) is 15.8. The molecule has 1 aliphatic rings. The van der Waals surface area contributed by atoms with Gasteiger partial charge in [0, 0.05) is 30.7 Å². The van der Waals surface area contributed by atoms with Crippen molar-refractivity contribution >= 4 is 22.4 Å². The first-order chi connectivity index (χ1) is 13.3. The monoisotopic (exact) mass is 362 g/mol. The minimum atomic E-state index is 0.313. The molecular formula is C19H18N6O2. The molecular weight excluding hydrogens is 344 g/mol. The van der Waals surface area contributed by atoms with Gasteiger partial charge in [-0.15, -0.1) is 10.2 Å². The fraction of sp³-hybridized carbons (Fsp3) is 0.263. The largest absolute Gasteiger partial charge is 0.493 e. The molecule has 4 aromatic rings. The van der Waals surface area contributed by atoms with Gasteiger partial charge in [0.2, 0.25) is 0 Å². The summed E-state index contributed by atoms with van der Waals surface area (Å²) < 4.78 is 12.9. The van der Waals surface area contributed by atoms with E-state index in [0.717, 1.165) is 41.3 Å². The molecule has 1 aliphatic heterocycles. The molecule has 27 heavy (non-hydrogen) atoms. The summed E-state index contributed by atoms with van der Waals surface area (Å²) in [4.78, 5) is 11.1. The van der Waals surface area contributed by atoms with E-state index in [2.05, 4.69) is 25.1 Å². The Morgan fingerprint density at radius 2 is 1.81 bits per heavy atom. The van der Waals surface area contributed by atoms with Gasteiger partial charge >= 0.3 is 0 Å². The summed E-state index contributed by atoms with van der Waals surface area (Å²) in [6, 6.07) is 9.74. The second kappa shape index (κ2) is 6.08. The smallest absolute Gasteiger partial charge is 0.162 e. The van der Waals surface area contributed by atoms with Gasteiger partial charge in [-0.3, -0.25) is 4.40 Å². The number of aromatic nitrogens is 5. The van der Waals surface area contributed by atoms with Gasteiger partial charge in [0.15, 0.2) is 17.1 Å². The van der Waals surface area contributed by atoms with Gasteiger partial charge in [-0.2, -0.15) is 0 Å². The summed E-state index contributed by atoms with van der Waals surface area (Å²) in [5, 5.41) is 9.57. The van der Waals surface area contributed by atoms with Crippen molar-refractivity contribution in [3.63, 3.8) is 0 Å². The Morgan fingerprint density at radius 1 is 1.00 bits per heavy atom. The minimum absolute atomic E-state index is 0.313. The van der Waals surface area contributed by atoms with Gasteiger partial charge in [-0.1, -0.05) is 6.07 Å². The van der Waals surface area contributed by atoms with Crippen LogP contribution in [-0.4, -0.2) is 51.9 Å². The number of benzene rings is 1. The molecule has 3 aromatic heterocycles. The fourth-order valence-corrected chi connectivity index (χ4v) is 3.57. The van der Waals surface area contributed by atoms with Gasteiger partial charge in [0.1, 0.15) is 18.0 Å². The van der Waals surface area contributed by atoms with Crippen LogP contribution in [0, 0.1) is 0 Å². The lowest BCUT2D eigenvalue weighted by Crippen LogP contribution is -2.46. The molecule has 0 N–H and O–H groups in total. The third-order valence-corrected chi connectivity index (χ3v) is 5.01. The van der Waals surface area contributed by atoms with Crippen LogP contribution in [0.5, 0.6) is 11.5 Å². The maximum atomic E-state index is 5.44. The molecule has 8 heteroatoms. The van der Waals surface area contributed by atoms with E-state index in [1.165, 1.54) is 0 Å². The second-order valence-electron chi connectivity index (χ2n) is 6.51. The van der Waals surface area contributed by atoms with Crippen LogP contribution in [0.25, 0.3) is 16.6 Å². The maximum Gasteiger partial charge on any atom is 0.162 e. The molecule has 5 rings (SSSR count). The van der Waals surface area contributed by atoms with Crippen LogP contribution in [0.4, 0.5) is 5.82 Å². The fourth-order valence-electron chi connectivity index (χ4n) is 3.57. The Kier molecular flexibility index (Phi) is 3.56. The summed E-state index contributed by atoms with van der Waals surface area (Å²) >= 11 is 0. The number of hydrogen-bond acceptors (Lipinski definition) is 7. The van der Waals surface area contributed by atoms with Crippen LogP contribution >= 0.6 is 0 Å². The maximum absolute atomic E-state index is 5.44. The number of anilines is 1. The molecule has 0 spiro atoms. The zero-order chi connectivity index (χ0) is 18.4. The SMILES string of the molecule is COc1cc2ncnc(N3CC(c4nnc5ccccn45)C3)c2cc1OC. The normalized spacial score (nSPS) is 14.5. The number of methoxy groups -OCH3 is 2. The Hall–Kier alpha value is -3.42. The van der Waals surface area contributed by atoms with Crippen molar-refractivity contribution in [3.05, 3.63) is 48.7 Å². The topological polar surface area (TPSA) is 77.7 Å². The summed E-state index contributed by atoms with van der Waals surface area (Å²) in [6.45, 7) is 1.66. The molecule has 0 amide bonds. The average molecular weight is 362 g/mol. The molecule has 0 bridgehead atoms. The van der Waals surface area contributed by atoms with E-state index in [-0.39, 0.29) is 0 Å². The Labute approximate surface area is 155 Å². The zero-order valence-electron chi connectivity index (χ0n) is 15.0. The van der Waals surface area contributed by atoms with Crippen molar-refractivity contribution in [1.82, 2.24) is 24.6 Å². The predicted octanol–water partition coefficient (Wildman–Crippen LogP) is 2.29. The molecule has 1 saturated heterocycles. The quantitative estimate of drug-likeness (QED) is 0.551. The molecule has 0 saturated carbocycles. The molecule has 136 valence electrons. The Balaban J connectivity index is 1.47. The first-order valence-corrected chi connectivity index (χ1v) is 8.70. The van der Waals surface area contributed by atoms with Crippen molar-refractivity contribution in [3.8, 4) is 11.5 Å². The van der Waals surface area contributed by atoms with Crippen molar-refractivity contribution < 1.29 is 9.47 Å². The molecule has 1 fully saturated rings. The number of pyridine rings is 1. The van der Waals surface area contributed by atoms with Crippen molar-refractivity contribution in [2.24, 2.45) is 0 Å². The minimum Gasteiger partial charge on any atom is -0.493 e. The molecule has 0 atom stereocenters. The molecule has 0 radical (unpaired) electrons. The summed E-state index contributed by atoms with van der Waals surface area (Å²) in [7, 11) is 3.25. The zero-order valence-corrected chi connectivity index (χ0v) is 15.0. The summed E-state index contributed by atoms with van der Waals surface area (Å²) in [5.41, 5.74) is 1.70. The van der Waals surface area contributed by atoms with E-state index in [9.17, 15) is 0 Å². The lowest BCUT2D eigenvalue weighted by atomic mass is 9.98. The van der Waals surface area contributed by atoms with Crippen molar-refractivity contribution in [1.29, 1.82) is 0 Å². The van der Waals surface area contributed by atoms with Crippen molar-refractivity contribution in [2.45, 2.75) is 5.92 Å². The van der Waals surface area contributed by atoms with E-state index in [1.807, 2.05) is 40.9 Å². The molecule has 1 aromatic carbocycles. The number of ether oxygens (including phenoxy) is 2. The standard InChI is InChI=1S/C19H18N6O2/c1-26-15-7-13-14(8-16(15)27-2)20-11-21-19(13)24-9-12(10-24)18-23-22-17-5-3-4-6-25(17)18/h3-8,11-12H,9-10H2,1-2H3. The Bertz CT molecular complexity index is 1140. The number of nitrogens with zero attached hydrogens (tertiary/aromatic N) is 6. The van der Waals surface area contributed by atoms with Crippen LogP contribution in [0.3, 0.4) is 0 Å². The summed E-state index contributed by atoms with van der Waals surface area (Å²) in [5.74, 6) is 3.52. The lowest BCUT2D eigenvalue weighted by molar-refractivity contribution is 0.355. The summed E-state index contributed by atoms with van der Waals surface area (Å²) in [6.07, 6.45) is 3.59. The highest BCUT2D eigenvalue weighted by Gasteiger charge is 2.33.